The van der Waals surface area contributed by atoms with Gasteiger partial charge in [0.1, 0.15) is 6.61 Å². The molecule has 0 atom stereocenters. The Kier molecular flexibility index (Phi) is 7.20. The minimum absolute atomic E-state index is 0.0373. The van der Waals surface area contributed by atoms with Crippen LogP contribution in [0.25, 0.3) is 0 Å². The first-order valence-corrected chi connectivity index (χ1v) is 11.6. The largest absolute Gasteiger partial charge is 0.493 e. The normalized spacial score (nSPS) is 16.8. The van der Waals surface area contributed by atoms with Crippen molar-refractivity contribution in [3.63, 3.8) is 0 Å². The van der Waals surface area contributed by atoms with Crippen molar-refractivity contribution in [2.45, 2.75) is 32.3 Å². The van der Waals surface area contributed by atoms with E-state index in [1.54, 1.807) is 25.3 Å². The molecular formula is C25H29ClN2O4. The van der Waals surface area contributed by atoms with Crippen LogP contribution in [0.2, 0.25) is 5.02 Å². The number of methoxy groups -OCH3 is 1. The van der Waals surface area contributed by atoms with Gasteiger partial charge in [-0.05, 0) is 61.6 Å². The predicted molar refractivity (Wildman–Crippen MR) is 123 cm³/mol. The summed E-state index contributed by atoms with van der Waals surface area (Å²) in [6.45, 7) is 3.33. The quantitative estimate of drug-likeness (QED) is 0.646. The van der Waals surface area contributed by atoms with Gasteiger partial charge in [-0.2, -0.15) is 0 Å². The molecule has 6 nitrogen and oxygen atoms in total. The van der Waals surface area contributed by atoms with E-state index in [0.717, 1.165) is 44.3 Å². The number of rotatable bonds is 6. The Hall–Kier alpha value is -2.73. The molecule has 2 aliphatic rings. The Labute approximate surface area is 194 Å². The zero-order valence-corrected chi connectivity index (χ0v) is 19.1. The summed E-state index contributed by atoms with van der Waals surface area (Å²) >= 11 is 5.93. The van der Waals surface area contributed by atoms with Gasteiger partial charge in [0.15, 0.2) is 11.5 Å². The highest BCUT2D eigenvalue weighted by Gasteiger charge is 2.31. The third-order valence-electron chi connectivity index (χ3n) is 6.27. The number of likely N-dealkylation sites (tertiary alicyclic amines) is 2. The number of benzene rings is 2. The van der Waals surface area contributed by atoms with Gasteiger partial charge in [0.2, 0.25) is 5.91 Å². The molecule has 2 aromatic carbocycles. The molecule has 0 aliphatic carbocycles. The van der Waals surface area contributed by atoms with Crippen molar-refractivity contribution in [2.24, 2.45) is 5.92 Å². The summed E-state index contributed by atoms with van der Waals surface area (Å²) in [5.74, 6) is 1.35. The molecule has 0 saturated carbocycles. The van der Waals surface area contributed by atoms with Gasteiger partial charge in [-0.3, -0.25) is 9.59 Å². The van der Waals surface area contributed by atoms with E-state index < -0.39 is 0 Å². The highest BCUT2D eigenvalue weighted by molar-refractivity contribution is 6.30. The van der Waals surface area contributed by atoms with E-state index in [2.05, 4.69) is 0 Å². The number of halogens is 1. The number of carbonyl (C=O) groups is 2. The highest BCUT2D eigenvalue weighted by atomic mass is 35.5. The van der Waals surface area contributed by atoms with E-state index >= 15 is 0 Å². The smallest absolute Gasteiger partial charge is 0.253 e. The van der Waals surface area contributed by atoms with E-state index in [-0.39, 0.29) is 17.7 Å². The van der Waals surface area contributed by atoms with Crippen molar-refractivity contribution in [1.82, 2.24) is 9.80 Å². The first kappa shape index (κ1) is 22.5. The van der Waals surface area contributed by atoms with Crippen LogP contribution < -0.4 is 9.47 Å². The highest BCUT2D eigenvalue weighted by Crippen LogP contribution is 2.30. The molecule has 0 spiro atoms. The predicted octanol–water partition coefficient (Wildman–Crippen LogP) is 4.40. The molecule has 170 valence electrons. The molecule has 7 heteroatoms. The number of hydrogen-bond acceptors (Lipinski definition) is 4. The molecule has 0 N–H and O–H groups in total. The van der Waals surface area contributed by atoms with E-state index in [0.29, 0.717) is 41.8 Å². The van der Waals surface area contributed by atoms with Gasteiger partial charge in [-0.15, -0.1) is 0 Å². The van der Waals surface area contributed by atoms with Crippen molar-refractivity contribution in [3.05, 3.63) is 58.6 Å². The van der Waals surface area contributed by atoms with Crippen LogP contribution >= 0.6 is 11.6 Å². The zero-order valence-electron chi connectivity index (χ0n) is 18.4. The summed E-state index contributed by atoms with van der Waals surface area (Å²) in [5.41, 5.74) is 1.55. The van der Waals surface area contributed by atoms with Gasteiger partial charge in [-0.25, -0.2) is 0 Å². The summed E-state index contributed by atoms with van der Waals surface area (Å²) < 4.78 is 11.4. The maximum absolute atomic E-state index is 13.0. The first-order valence-electron chi connectivity index (χ1n) is 11.2. The molecule has 2 amide bonds. The van der Waals surface area contributed by atoms with Gasteiger partial charge in [-0.1, -0.05) is 23.7 Å². The number of carbonyl (C=O) groups excluding carboxylic acids is 2. The van der Waals surface area contributed by atoms with Gasteiger partial charge in [0, 0.05) is 42.7 Å². The van der Waals surface area contributed by atoms with Crippen LogP contribution in [-0.2, 0) is 11.4 Å². The summed E-state index contributed by atoms with van der Waals surface area (Å²) in [6.07, 6.45) is 3.65. The molecule has 0 radical (unpaired) electrons. The summed E-state index contributed by atoms with van der Waals surface area (Å²) in [5, 5.41) is 0.679. The summed E-state index contributed by atoms with van der Waals surface area (Å²) in [4.78, 5) is 29.5. The average molecular weight is 457 g/mol. The Bertz CT molecular complexity index is 949. The van der Waals surface area contributed by atoms with Crippen LogP contribution in [0.4, 0.5) is 0 Å². The van der Waals surface area contributed by atoms with Gasteiger partial charge < -0.3 is 19.3 Å². The van der Waals surface area contributed by atoms with E-state index in [1.807, 2.05) is 34.1 Å². The third kappa shape index (κ3) is 5.18. The monoisotopic (exact) mass is 456 g/mol. The van der Waals surface area contributed by atoms with Crippen molar-refractivity contribution < 1.29 is 19.1 Å². The number of piperidine rings is 1. The van der Waals surface area contributed by atoms with Crippen molar-refractivity contribution >= 4 is 23.4 Å². The Morgan fingerprint density at radius 3 is 2.28 bits per heavy atom. The van der Waals surface area contributed by atoms with Crippen LogP contribution in [0.1, 0.15) is 41.6 Å². The maximum atomic E-state index is 13.0. The molecule has 4 rings (SSSR count). The fourth-order valence-electron chi connectivity index (χ4n) is 4.37. The van der Waals surface area contributed by atoms with Gasteiger partial charge >= 0.3 is 0 Å². The molecule has 2 fully saturated rings. The Balaban J connectivity index is 1.35. The van der Waals surface area contributed by atoms with E-state index in [4.69, 9.17) is 21.1 Å². The summed E-state index contributed by atoms with van der Waals surface area (Å²) in [7, 11) is 1.56. The van der Waals surface area contributed by atoms with Crippen LogP contribution in [0.3, 0.4) is 0 Å². The molecule has 2 aromatic rings. The fourth-order valence-corrected chi connectivity index (χ4v) is 4.50. The van der Waals surface area contributed by atoms with Crippen LogP contribution in [0.15, 0.2) is 42.5 Å². The lowest BCUT2D eigenvalue weighted by Crippen LogP contribution is -2.43. The van der Waals surface area contributed by atoms with Crippen molar-refractivity contribution in [3.8, 4) is 11.5 Å². The zero-order chi connectivity index (χ0) is 22.5. The number of amides is 2. The molecule has 0 aromatic heterocycles. The van der Waals surface area contributed by atoms with Crippen molar-refractivity contribution in [1.29, 1.82) is 0 Å². The Morgan fingerprint density at radius 1 is 0.938 bits per heavy atom. The molecule has 2 heterocycles. The fraction of sp³-hybridized carbons (Fsp3) is 0.440. The lowest BCUT2D eigenvalue weighted by Gasteiger charge is -2.33. The second-order valence-electron chi connectivity index (χ2n) is 8.38. The minimum atomic E-state index is -0.0420. The molecular weight excluding hydrogens is 428 g/mol. The van der Waals surface area contributed by atoms with Crippen LogP contribution in [0.5, 0.6) is 11.5 Å². The lowest BCUT2D eigenvalue weighted by atomic mass is 9.95. The number of hydrogen-bond donors (Lipinski definition) is 0. The van der Waals surface area contributed by atoms with Gasteiger partial charge in [0.05, 0.1) is 7.11 Å². The number of ether oxygens (including phenoxy) is 2. The van der Waals surface area contributed by atoms with Crippen LogP contribution in [0, 0.1) is 5.92 Å². The number of nitrogens with zero attached hydrogens (tertiary/aromatic N) is 2. The first-order chi connectivity index (χ1) is 15.5. The minimum Gasteiger partial charge on any atom is -0.493 e. The molecule has 2 aliphatic heterocycles. The topological polar surface area (TPSA) is 59.1 Å². The standard InChI is InChI=1S/C25H29ClN2O4/c1-31-23-16-20(6-9-22(23)32-17-18-4-7-21(26)8-5-18)25(30)28-14-10-19(11-15-28)24(29)27-12-2-3-13-27/h4-9,16,19H,2-3,10-15,17H2,1H3. The molecule has 2 saturated heterocycles. The Morgan fingerprint density at radius 2 is 1.62 bits per heavy atom. The molecule has 32 heavy (non-hydrogen) atoms. The summed E-state index contributed by atoms with van der Waals surface area (Å²) in [6, 6.07) is 12.7. The van der Waals surface area contributed by atoms with Crippen LogP contribution in [-0.4, -0.2) is 54.9 Å². The second kappa shape index (κ2) is 10.3. The SMILES string of the molecule is COc1cc(C(=O)N2CCC(C(=O)N3CCCC3)CC2)ccc1OCc1ccc(Cl)cc1. The third-order valence-corrected chi connectivity index (χ3v) is 6.52. The second-order valence-corrected chi connectivity index (χ2v) is 8.82. The average Bonchev–Trinajstić information content (AvgIpc) is 3.38. The molecule has 0 bridgehead atoms. The van der Waals surface area contributed by atoms with Crippen molar-refractivity contribution in [2.75, 3.05) is 33.3 Å². The van der Waals surface area contributed by atoms with E-state index in [9.17, 15) is 9.59 Å². The maximum Gasteiger partial charge on any atom is 0.253 e. The van der Waals surface area contributed by atoms with Gasteiger partial charge in [0.25, 0.3) is 5.91 Å². The molecule has 0 unspecified atom stereocenters. The lowest BCUT2D eigenvalue weighted by molar-refractivity contribution is -0.135. The van der Waals surface area contributed by atoms with E-state index in [1.165, 1.54) is 0 Å².